The second-order valence-corrected chi connectivity index (χ2v) is 6.66. The Morgan fingerprint density at radius 1 is 1.33 bits per heavy atom. The molecule has 1 aliphatic heterocycles. The lowest BCUT2D eigenvalue weighted by Crippen LogP contribution is -2.38. The Hall–Kier alpha value is -2.17. The summed E-state index contributed by atoms with van der Waals surface area (Å²) in [7, 11) is 1.96. The minimum absolute atomic E-state index is 0.177. The Bertz CT molecular complexity index is 708. The van der Waals surface area contributed by atoms with E-state index in [0.29, 0.717) is 6.42 Å². The highest BCUT2D eigenvalue weighted by molar-refractivity contribution is 5.77. The van der Waals surface area contributed by atoms with Crippen molar-refractivity contribution in [2.45, 2.75) is 52.0 Å². The van der Waals surface area contributed by atoms with Crippen molar-refractivity contribution in [3.63, 3.8) is 0 Å². The van der Waals surface area contributed by atoms with Crippen LogP contribution in [-0.4, -0.2) is 32.1 Å². The first kappa shape index (κ1) is 16.7. The maximum Gasteiger partial charge on any atom is 0.223 e. The number of nitrogens with zero attached hydrogens (tertiary/aromatic N) is 4. The molecule has 0 saturated carbocycles. The molecule has 0 bridgehead atoms. The third kappa shape index (κ3) is 3.35. The Kier molecular flexibility index (Phi) is 4.97. The number of piperidine rings is 1. The van der Waals surface area contributed by atoms with Crippen molar-refractivity contribution in [2.24, 2.45) is 7.05 Å². The lowest BCUT2D eigenvalue weighted by molar-refractivity contribution is -0.135. The zero-order valence-electron chi connectivity index (χ0n) is 14.8. The third-order valence-electron chi connectivity index (χ3n) is 5.14. The van der Waals surface area contributed by atoms with E-state index in [1.165, 1.54) is 12.0 Å². The Labute approximate surface area is 143 Å². The molecule has 1 aliphatic rings. The SMILES string of the molecule is Cc1nn(C)c(C)c1CCC(=O)N1CCCC[C@@H]1c1cccnc1. The van der Waals surface area contributed by atoms with E-state index in [-0.39, 0.29) is 11.9 Å². The number of hydrogen-bond acceptors (Lipinski definition) is 3. The number of aryl methyl sites for hydroxylation is 2. The van der Waals surface area contributed by atoms with Gasteiger partial charge in [-0.15, -0.1) is 0 Å². The van der Waals surface area contributed by atoms with Crippen LogP contribution in [-0.2, 0) is 18.3 Å². The fraction of sp³-hybridized carbons (Fsp3) is 0.526. The number of pyridine rings is 1. The molecule has 128 valence electrons. The Morgan fingerprint density at radius 3 is 2.83 bits per heavy atom. The van der Waals surface area contributed by atoms with Crippen LogP contribution in [0.2, 0.25) is 0 Å². The summed E-state index contributed by atoms with van der Waals surface area (Å²) in [6.07, 6.45) is 8.28. The topological polar surface area (TPSA) is 51.0 Å². The Balaban J connectivity index is 1.70. The zero-order valence-corrected chi connectivity index (χ0v) is 14.8. The molecular weight excluding hydrogens is 300 g/mol. The predicted molar refractivity (Wildman–Crippen MR) is 93.5 cm³/mol. The maximum absolute atomic E-state index is 12.9. The summed E-state index contributed by atoms with van der Waals surface area (Å²) < 4.78 is 1.90. The molecule has 2 aromatic rings. The maximum atomic E-state index is 12.9. The average Bonchev–Trinajstić information content (AvgIpc) is 2.85. The Morgan fingerprint density at radius 2 is 2.17 bits per heavy atom. The van der Waals surface area contributed by atoms with Crippen molar-refractivity contribution in [2.75, 3.05) is 6.54 Å². The zero-order chi connectivity index (χ0) is 17.1. The van der Waals surface area contributed by atoms with Crippen molar-refractivity contribution in [1.82, 2.24) is 19.7 Å². The largest absolute Gasteiger partial charge is 0.336 e. The van der Waals surface area contributed by atoms with Gasteiger partial charge in [0.2, 0.25) is 5.91 Å². The second-order valence-electron chi connectivity index (χ2n) is 6.66. The summed E-state index contributed by atoms with van der Waals surface area (Å²) in [6, 6.07) is 4.21. The van der Waals surface area contributed by atoms with Crippen LogP contribution in [0.1, 0.15) is 54.2 Å². The van der Waals surface area contributed by atoms with E-state index >= 15 is 0 Å². The average molecular weight is 326 g/mol. The number of likely N-dealkylation sites (tertiary alicyclic amines) is 1. The molecular formula is C19H26N4O. The fourth-order valence-corrected chi connectivity index (χ4v) is 3.70. The molecule has 2 aromatic heterocycles. The number of hydrogen-bond donors (Lipinski definition) is 0. The first-order chi connectivity index (χ1) is 11.6. The van der Waals surface area contributed by atoms with Crippen molar-refractivity contribution in [3.8, 4) is 0 Å². The number of amides is 1. The van der Waals surface area contributed by atoms with Crippen LogP contribution in [0.25, 0.3) is 0 Å². The van der Waals surface area contributed by atoms with Gasteiger partial charge in [0.25, 0.3) is 0 Å². The summed E-state index contributed by atoms with van der Waals surface area (Å²) in [6.45, 7) is 4.94. The number of carbonyl (C=O) groups is 1. The lowest BCUT2D eigenvalue weighted by atomic mass is 9.95. The molecule has 0 unspecified atom stereocenters. The van der Waals surface area contributed by atoms with Gasteiger partial charge in [-0.2, -0.15) is 5.10 Å². The molecule has 3 heterocycles. The van der Waals surface area contributed by atoms with Crippen LogP contribution in [0.5, 0.6) is 0 Å². The highest BCUT2D eigenvalue weighted by Crippen LogP contribution is 2.31. The van der Waals surface area contributed by atoms with Gasteiger partial charge in [-0.05, 0) is 56.7 Å². The molecule has 0 aromatic carbocycles. The van der Waals surface area contributed by atoms with E-state index in [9.17, 15) is 4.79 Å². The minimum Gasteiger partial charge on any atom is -0.336 e. The van der Waals surface area contributed by atoms with Crippen molar-refractivity contribution >= 4 is 5.91 Å². The summed E-state index contributed by atoms with van der Waals surface area (Å²) in [4.78, 5) is 19.1. The first-order valence-corrected chi connectivity index (χ1v) is 8.76. The van der Waals surface area contributed by atoms with Crippen LogP contribution in [0.15, 0.2) is 24.5 Å². The van der Waals surface area contributed by atoms with Crippen LogP contribution < -0.4 is 0 Å². The molecule has 1 fully saturated rings. The van der Waals surface area contributed by atoms with Gasteiger partial charge in [0.1, 0.15) is 0 Å². The molecule has 3 rings (SSSR count). The highest BCUT2D eigenvalue weighted by Gasteiger charge is 2.28. The van der Waals surface area contributed by atoms with Gasteiger partial charge in [-0.25, -0.2) is 0 Å². The van der Waals surface area contributed by atoms with Crippen LogP contribution in [0.4, 0.5) is 0 Å². The molecule has 0 N–H and O–H groups in total. The van der Waals surface area contributed by atoms with Crippen molar-refractivity contribution in [1.29, 1.82) is 0 Å². The van der Waals surface area contributed by atoms with Gasteiger partial charge in [-0.3, -0.25) is 14.5 Å². The summed E-state index contributed by atoms with van der Waals surface area (Å²) in [5.74, 6) is 0.242. The molecule has 1 saturated heterocycles. The van der Waals surface area contributed by atoms with Crippen LogP contribution >= 0.6 is 0 Å². The number of rotatable bonds is 4. The predicted octanol–water partition coefficient (Wildman–Crippen LogP) is 3.12. The molecule has 5 heteroatoms. The number of carbonyl (C=O) groups excluding carboxylic acids is 1. The van der Waals surface area contributed by atoms with E-state index in [1.807, 2.05) is 30.9 Å². The monoisotopic (exact) mass is 326 g/mol. The van der Waals surface area contributed by atoms with E-state index in [0.717, 1.165) is 42.8 Å². The third-order valence-corrected chi connectivity index (χ3v) is 5.14. The van der Waals surface area contributed by atoms with Gasteiger partial charge in [0.05, 0.1) is 11.7 Å². The van der Waals surface area contributed by atoms with Crippen molar-refractivity contribution in [3.05, 3.63) is 47.0 Å². The van der Waals surface area contributed by atoms with Crippen molar-refractivity contribution < 1.29 is 4.79 Å². The van der Waals surface area contributed by atoms with E-state index in [2.05, 4.69) is 28.0 Å². The van der Waals surface area contributed by atoms with Crippen LogP contribution in [0, 0.1) is 13.8 Å². The molecule has 1 amide bonds. The standard InChI is InChI=1S/C19H26N4O/c1-14-17(15(2)22(3)21-14)9-10-19(24)23-12-5-4-8-18(23)16-7-6-11-20-13-16/h6-7,11,13,18H,4-5,8-10,12H2,1-3H3/t18-/m1/s1. The number of aromatic nitrogens is 3. The van der Waals surface area contributed by atoms with Gasteiger partial charge in [0.15, 0.2) is 0 Å². The van der Waals surface area contributed by atoms with Gasteiger partial charge < -0.3 is 4.90 Å². The molecule has 1 atom stereocenters. The molecule has 0 spiro atoms. The van der Waals surface area contributed by atoms with Gasteiger partial charge in [0, 0.05) is 38.1 Å². The smallest absolute Gasteiger partial charge is 0.223 e. The summed E-state index contributed by atoms with van der Waals surface area (Å²) in [5, 5.41) is 4.45. The van der Waals surface area contributed by atoms with E-state index in [4.69, 9.17) is 0 Å². The van der Waals surface area contributed by atoms with E-state index in [1.54, 1.807) is 6.20 Å². The lowest BCUT2D eigenvalue weighted by Gasteiger charge is -2.36. The second kappa shape index (κ2) is 7.16. The fourth-order valence-electron chi connectivity index (χ4n) is 3.70. The summed E-state index contributed by atoms with van der Waals surface area (Å²) >= 11 is 0. The molecule has 0 radical (unpaired) electrons. The normalized spacial score (nSPS) is 18.0. The highest BCUT2D eigenvalue weighted by atomic mass is 16.2. The van der Waals surface area contributed by atoms with Gasteiger partial charge in [-0.1, -0.05) is 6.07 Å². The molecule has 24 heavy (non-hydrogen) atoms. The van der Waals surface area contributed by atoms with Crippen LogP contribution in [0.3, 0.4) is 0 Å². The van der Waals surface area contributed by atoms with E-state index < -0.39 is 0 Å². The minimum atomic E-state index is 0.177. The molecule has 0 aliphatic carbocycles. The quantitative estimate of drug-likeness (QED) is 0.867. The first-order valence-electron chi connectivity index (χ1n) is 8.76. The molecule has 5 nitrogen and oxygen atoms in total. The summed E-state index contributed by atoms with van der Waals surface area (Å²) in [5.41, 5.74) is 4.55. The van der Waals surface area contributed by atoms with Gasteiger partial charge >= 0.3 is 0 Å².